The van der Waals surface area contributed by atoms with Gasteiger partial charge in [-0.3, -0.25) is 0 Å². The SMILES string of the molecule is Brc1ccc(N(c2cc(-c3ccccc3)c3ccccc3c2)c2cc(-c3ccccc3)c3ccccc3c2)cc1. The summed E-state index contributed by atoms with van der Waals surface area (Å²) >= 11 is 3.64. The van der Waals surface area contributed by atoms with E-state index in [1.165, 1.54) is 43.8 Å². The first-order chi connectivity index (χ1) is 19.7. The van der Waals surface area contributed by atoms with Crippen molar-refractivity contribution >= 4 is 54.5 Å². The van der Waals surface area contributed by atoms with Crippen molar-refractivity contribution in [3.8, 4) is 22.3 Å². The van der Waals surface area contributed by atoms with Crippen molar-refractivity contribution < 1.29 is 0 Å². The Morgan fingerprint density at radius 3 is 1.27 bits per heavy atom. The highest BCUT2D eigenvalue weighted by molar-refractivity contribution is 9.10. The van der Waals surface area contributed by atoms with Gasteiger partial charge in [0.1, 0.15) is 0 Å². The van der Waals surface area contributed by atoms with Gasteiger partial charge in [0.05, 0.1) is 0 Å². The predicted molar refractivity (Wildman–Crippen MR) is 175 cm³/mol. The molecule has 7 aromatic carbocycles. The molecule has 190 valence electrons. The molecule has 0 saturated carbocycles. The molecule has 0 aromatic heterocycles. The molecule has 0 bridgehead atoms. The van der Waals surface area contributed by atoms with E-state index in [-0.39, 0.29) is 0 Å². The Labute approximate surface area is 243 Å². The molecule has 0 aliphatic rings. The molecule has 0 fully saturated rings. The van der Waals surface area contributed by atoms with Crippen LogP contribution in [-0.4, -0.2) is 0 Å². The highest BCUT2D eigenvalue weighted by Gasteiger charge is 2.18. The second kappa shape index (κ2) is 10.5. The zero-order chi connectivity index (χ0) is 26.9. The molecule has 0 radical (unpaired) electrons. The highest BCUT2D eigenvalue weighted by atomic mass is 79.9. The van der Waals surface area contributed by atoms with E-state index in [1.54, 1.807) is 0 Å². The monoisotopic (exact) mass is 575 g/mol. The molecule has 7 aromatic rings. The molecule has 0 aliphatic carbocycles. The van der Waals surface area contributed by atoms with E-state index >= 15 is 0 Å². The van der Waals surface area contributed by atoms with Gasteiger partial charge in [-0.25, -0.2) is 0 Å². The summed E-state index contributed by atoms with van der Waals surface area (Å²) in [7, 11) is 0. The van der Waals surface area contributed by atoms with E-state index in [0.717, 1.165) is 21.5 Å². The summed E-state index contributed by atoms with van der Waals surface area (Å²) in [6.45, 7) is 0. The third-order valence-electron chi connectivity index (χ3n) is 7.46. The molecule has 1 nitrogen and oxygen atoms in total. The number of halogens is 1. The standard InChI is InChI=1S/C38H26BrN/c39-31-19-21-32(22-20-31)40(33-23-29-15-7-9-17-35(29)37(25-33)27-11-3-1-4-12-27)34-24-30-16-8-10-18-36(30)38(26-34)28-13-5-2-6-14-28/h1-26H. The van der Waals surface area contributed by atoms with Crippen molar-refractivity contribution in [2.24, 2.45) is 0 Å². The lowest BCUT2D eigenvalue weighted by molar-refractivity contribution is 1.29. The summed E-state index contributed by atoms with van der Waals surface area (Å²) in [5, 5.41) is 4.92. The van der Waals surface area contributed by atoms with E-state index in [1.807, 2.05) is 0 Å². The fraction of sp³-hybridized carbons (Fsp3) is 0. The Morgan fingerprint density at radius 1 is 0.375 bits per heavy atom. The van der Waals surface area contributed by atoms with Crippen LogP contribution in [0.2, 0.25) is 0 Å². The molecule has 0 spiro atoms. The van der Waals surface area contributed by atoms with Crippen LogP contribution in [0.25, 0.3) is 43.8 Å². The van der Waals surface area contributed by atoms with Crippen LogP contribution in [0, 0.1) is 0 Å². The summed E-state index contributed by atoms with van der Waals surface area (Å²) in [5.41, 5.74) is 8.20. The lowest BCUT2D eigenvalue weighted by atomic mass is 9.95. The number of benzene rings is 7. The number of hydrogen-bond donors (Lipinski definition) is 0. The van der Waals surface area contributed by atoms with Gasteiger partial charge in [-0.1, -0.05) is 125 Å². The zero-order valence-corrected chi connectivity index (χ0v) is 23.4. The van der Waals surface area contributed by atoms with Crippen LogP contribution in [0.1, 0.15) is 0 Å². The number of anilines is 3. The average molecular weight is 577 g/mol. The van der Waals surface area contributed by atoms with Crippen molar-refractivity contribution in [3.05, 3.63) is 162 Å². The summed E-state index contributed by atoms with van der Waals surface area (Å²) in [4.78, 5) is 2.38. The summed E-state index contributed by atoms with van der Waals surface area (Å²) in [6, 6.07) is 56.6. The molecule has 7 rings (SSSR count). The van der Waals surface area contributed by atoms with Crippen molar-refractivity contribution in [2.45, 2.75) is 0 Å². The van der Waals surface area contributed by atoms with Gasteiger partial charge in [0.25, 0.3) is 0 Å². The minimum absolute atomic E-state index is 1.06. The van der Waals surface area contributed by atoms with Gasteiger partial charge in [-0.2, -0.15) is 0 Å². The third kappa shape index (κ3) is 4.57. The van der Waals surface area contributed by atoms with Gasteiger partial charge in [0.2, 0.25) is 0 Å². The Kier molecular flexibility index (Phi) is 6.39. The minimum Gasteiger partial charge on any atom is -0.310 e. The van der Waals surface area contributed by atoms with E-state index in [4.69, 9.17) is 0 Å². The minimum atomic E-state index is 1.06. The Balaban J connectivity index is 1.52. The third-order valence-corrected chi connectivity index (χ3v) is 7.99. The van der Waals surface area contributed by atoms with Gasteiger partial charge in [-0.05, 0) is 92.3 Å². The first kappa shape index (κ1) is 24.4. The van der Waals surface area contributed by atoms with Crippen molar-refractivity contribution in [3.63, 3.8) is 0 Å². The highest BCUT2D eigenvalue weighted by Crippen LogP contribution is 2.43. The molecule has 0 amide bonds. The molecule has 0 N–H and O–H groups in total. The maximum absolute atomic E-state index is 3.64. The van der Waals surface area contributed by atoms with Gasteiger partial charge in [0.15, 0.2) is 0 Å². The van der Waals surface area contributed by atoms with Gasteiger partial charge in [-0.15, -0.1) is 0 Å². The summed E-state index contributed by atoms with van der Waals surface area (Å²) in [6.07, 6.45) is 0. The molecular formula is C38H26BrN. The molecule has 0 heterocycles. The first-order valence-corrected chi connectivity index (χ1v) is 14.3. The lowest BCUT2D eigenvalue weighted by Gasteiger charge is -2.28. The quantitative estimate of drug-likeness (QED) is 0.197. The topological polar surface area (TPSA) is 3.24 Å². The number of fused-ring (bicyclic) bond motifs is 2. The maximum atomic E-state index is 3.64. The molecule has 0 unspecified atom stereocenters. The predicted octanol–water partition coefficient (Wildman–Crippen LogP) is 11.6. The van der Waals surface area contributed by atoms with Crippen LogP contribution < -0.4 is 4.90 Å². The second-order valence-electron chi connectivity index (χ2n) is 9.97. The Morgan fingerprint density at radius 2 is 0.800 bits per heavy atom. The average Bonchev–Trinajstić information content (AvgIpc) is 3.02. The summed E-state index contributed by atoms with van der Waals surface area (Å²) < 4.78 is 1.06. The van der Waals surface area contributed by atoms with Crippen LogP contribution in [0.3, 0.4) is 0 Å². The largest absolute Gasteiger partial charge is 0.310 e. The maximum Gasteiger partial charge on any atom is 0.0474 e. The van der Waals surface area contributed by atoms with Crippen molar-refractivity contribution in [2.75, 3.05) is 4.90 Å². The lowest BCUT2D eigenvalue weighted by Crippen LogP contribution is -2.10. The summed E-state index contributed by atoms with van der Waals surface area (Å²) in [5.74, 6) is 0. The van der Waals surface area contributed by atoms with Crippen LogP contribution in [0.4, 0.5) is 17.1 Å². The zero-order valence-electron chi connectivity index (χ0n) is 21.8. The van der Waals surface area contributed by atoms with E-state index in [9.17, 15) is 0 Å². The Hall–Kier alpha value is -4.66. The molecule has 0 atom stereocenters. The number of nitrogens with zero attached hydrogens (tertiary/aromatic N) is 1. The molecule has 0 saturated heterocycles. The van der Waals surface area contributed by atoms with E-state index in [2.05, 4.69) is 179 Å². The number of hydrogen-bond acceptors (Lipinski definition) is 1. The van der Waals surface area contributed by atoms with Crippen molar-refractivity contribution in [1.82, 2.24) is 0 Å². The van der Waals surface area contributed by atoms with Gasteiger partial charge < -0.3 is 4.90 Å². The Bertz CT molecular complexity index is 1820. The van der Waals surface area contributed by atoms with E-state index in [0.29, 0.717) is 0 Å². The fourth-order valence-corrected chi connectivity index (χ4v) is 5.86. The van der Waals surface area contributed by atoms with Crippen LogP contribution in [-0.2, 0) is 0 Å². The van der Waals surface area contributed by atoms with Gasteiger partial charge >= 0.3 is 0 Å². The van der Waals surface area contributed by atoms with Crippen LogP contribution >= 0.6 is 15.9 Å². The second-order valence-corrected chi connectivity index (χ2v) is 10.9. The molecule has 0 aliphatic heterocycles. The van der Waals surface area contributed by atoms with Crippen LogP contribution in [0.5, 0.6) is 0 Å². The first-order valence-electron chi connectivity index (χ1n) is 13.5. The molecule has 40 heavy (non-hydrogen) atoms. The number of rotatable bonds is 5. The normalized spacial score (nSPS) is 11.1. The molecule has 2 heteroatoms. The molecular weight excluding hydrogens is 550 g/mol. The smallest absolute Gasteiger partial charge is 0.0474 e. The fourth-order valence-electron chi connectivity index (χ4n) is 5.60. The van der Waals surface area contributed by atoms with Crippen molar-refractivity contribution in [1.29, 1.82) is 0 Å². The van der Waals surface area contributed by atoms with Gasteiger partial charge in [0, 0.05) is 21.5 Å². The van der Waals surface area contributed by atoms with Crippen LogP contribution in [0.15, 0.2) is 162 Å². The van der Waals surface area contributed by atoms with E-state index < -0.39 is 0 Å².